The SMILES string of the molecule is Cn1c(=O)n(C2CCC(=O)NC2=O)c2ccc(CCCCCCCCNC(=O)OC(C)(C)C)cc21. The predicted octanol–water partition coefficient (Wildman–Crippen LogP) is 3.73. The molecule has 1 saturated heterocycles. The van der Waals surface area contributed by atoms with Crippen LogP contribution in [0, 0.1) is 0 Å². The van der Waals surface area contributed by atoms with E-state index in [0.29, 0.717) is 13.0 Å². The second kappa shape index (κ2) is 11.6. The molecule has 2 aromatic rings. The van der Waals surface area contributed by atoms with E-state index in [1.165, 1.54) is 4.57 Å². The third-order valence-corrected chi connectivity index (χ3v) is 6.24. The van der Waals surface area contributed by atoms with E-state index >= 15 is 0 Å². The summed E-state index contributed by atoms with van der Waals surface area (Å²) in [4.78, 5) is 48.3. The Morgan fingerprint density at radius 3 is 2.43 bits per heavy atom. The first-order chi connectivity index (χ1) is 16.6. The lowest BCUT2D eigenvalue weighted by Gasteiger charge is -2.21. The summed E-state index contributed by atoms with van der Waals surface area (Å²) in [6.45, 7) is 6.18. The van der Waals surface area contributed by atoms with Crippen molar-refractivity contribution in [3.63, 3.8) is 0 Å². The molecule has 0 spiro atoms. The standard InChI is InChI=1S/C26H38N4O5/c1-26(2,3)35-24(33)27-16-10-8-6-5-7-9-11-18-12-13-19-21(17-18)29(4)25(34)30(19)20-14-15-22(31)28-23(20)32/h12-13,17,20H,5-11,14-16H2,1-4H3,(H,27,33)(H,28,31,32). The fourth-order valence-electron chi connectivity index (χ4n) is 4.46. The van der Waals surface area contributed by atoms with Gasteiger partial charge in [-0.3, -0.25) is 24.0 Å². The molecular weight excluding hydrogens is 448 g/mol. The Hall–Kier alpha value is -3.10. The Bertz CT molecular complexity index is 1130. The normalized spacial score (nSPS) is 16.4. The lowest BCUT2D eigenvalue weighted by molar-refractivity contribution is -0.135. The van der Waals surface area contributed by atoms with Gasteiger partial charge in [0.2, 0.25) is 11.8 Å². The number of amides is 3. The number of alkyl carbamates (subject to hydrolysis) is 1. The highest BCUT2D eigenvalue weighted by Gasteiger charge is 2.31. The van der Waals surface area contributed by atoms with Crippen LogP contribution in [0.25, 0.3) is 11.0 Å². The molecule has 1 aliphatic heterocycles. The lowest BCUT2D eigenvalue weighted by atomic mass is 10.0. The van der Waals surface area contributed by atoms with Crippen LogP contribution in [0.3, 0.4) is 0 Å². The van der Waals surface area contributed by atoms with Gasteiger partial charge in [0.25, 0.3) is 0 Å². The Kier molecular flexibility index (Phi) is 8.75. The number of aryl methyl sites for hydroxylation is 2. The Labute approximate surface area is 206 Å². The highest BCUT2D eigenvalue weighted by Crippen LogP contribution is 2.24. The van der Waals surface area contributed by atoms with Crippen molar-refractivity contribution in [3.05, 3.63) is 34.2 Å². The smallest absolute Gasteiger partial charge is 0.407 e. The fraction of sp³-hybridized carbons (Fsp3) is 0.615. The Balaban J connectivity index is 1.43. The molecule has 0 bridgehead atoms. The molecule has 2 N–H and O–H groups in total. The molecule has 1 aliphatic rings. The minimum absolute atomic E-state index is 0.234. The lowest BCUT2D eigenvalue weighted by Crippen LogP contribution is -2.44. The summed E-state index contributed by atoms with van der Waals surface area (Å²) in [5, 5.41) is 5.13. The molecule has 0 saturated carbocycles. The Morgan fingerprint density at radius 2 is 1.74 bits per heavy atom. The van der Waals surface area contributed by atoms with E-state index in [4.69, 9.17) is 4.74 Å². The van der Waals surface area contributed by atoms with Crippen LogP contribution >= 0.6 is 0 Å². The molecule has 1 fully saturated rings. The van der Waals surface area contributed by atoms with E-state index < -0.39 is 17.6 Å². The van der Waals surface area contributed by atoms with Gasteiger partial charge in [0, 0.05) is 20.0 Å². The molecule has 3 amide bonds. The number of hydrogen-bond acceptors (Lipinski definition) is 5. The van der Waals surface area contributed by atoms with Gasteiger partial charge in [0.1, 0.15) is 11.6 Å². The van der Waals surface area contributed by atoms with Gasteiger partial charge >= 0.3 is 11.8 Å². The summed E-state index contributed by atoms with van der Waals surface area (Å²) >= 11 is 0. The van der Waals surface area contributed by atoms with Crippen molar-refractivity contribution in [2.75, 3.05) is 6.54 Å². The van der Waals surface area contributed by atoms with E-state index in [9.17, 15) is 19.2 Å². The zero-order chi connectivity index (χ0) is 25.6. The van der Waals surface area contributed by atoms with E-state index in [0.717, 1.165) is 61.5 Å². The number of imide groups is 1. The molecule has 1 aromatic heterocycles. The van der Waals surface area contributed by atoms with Gasteiger partial charge < -0.3 is 10.1 Å². The van der Waals surface area contributed by atoms with Crippen LogP contribution < -0.4 is 16.3 Å². The van der Waals surface area contributed by atoms with Gasteiger partial charge in [-0.25, -0.2) is 9.59 Å². The molecule has 0 aliphatic carbocycles. The van der Waals surface area contributed by atoms with Gasteiger partial charge in [0.15, 0.2) is 0 Å². The molecule has 9 nitrogen and oxygen atoms in total. The predicted molar refractivity (Wildman–Crippen MR) is 134 cm³/mol. The number of ether oxygens (including phenoxy) is 1. The quantitative estimate of drug-likeness (QED) is 0.393. The molecule has 1 atom stereocenters. The average Bonchev–Trinajstić information content (AvgIpc) is 3.01. The highest BCUT2D eigenvalue weighted by molar-refractivity contribution is 6.00. The number of unbranched alkanes of at least 4 members (excludes halogenated alkanes) is 5. The van der Waals surface area contributed by atoms with Crippen LogP contribution in [-0.2, 0) is 27.8 Å². The largest absolute Gasteiger partial charge is 0.444 e. The molecule has 9 heteroatoms. The Morgan fingerprint density at radius 1 is 1.06 bits per heavy atom. The average molecular weight is 487 g/mol. The number of carbonyl (C=O) groups excluding carboxylic acids is 3. The van der Waals surface area contributed by atoms with Crippen LogP contribution in [0.2, 0.25) is 0 Å². The first kappa shape index (κ1) is 26.5. The first-order valence-electron chi connectivity index (χ1n) is 12.6. The molecular formula is C26H38N4O5. The molecule has 2 heterocycles. The van der Waals surface area contributed by atoms with Crippen molar-refractivity contribution in [1.29, 1.82) is 0 Å². The van der Waals surface area contributed by atoms with Crippen molar-refractivity contribution in [1.82, 2.24) is 19.8 Å². The topological polar surface area (TPSA) is 111 Å². The van der Waals surface area contributed by atoms with Crippen LogP contribution in [0.4, 0.5) is 4.79 Å². The number of nitrogens with one attached hydrogen (secondary N) is 2. The van der Waals surface area contributed by atoms with Crippen LogP contribution in [0.15, 0.2) is 23.0 Å². The molecule has 35 heavy (non-hydrogen) atoms. The number of rotatable bonds is 10. The highest BCUT2D eigenvalue weighted by atomic mass is 16.6. The monoisotopic (exact) mass is 486 g/mol. The maximum absolute atomic E-state index is 12.9. The number of fused-ring (bicyclic) bond motifs is 1. The zero-order valence-electron chi connectivity index (χ0n) is 21.3. The maximum Gasteiger partial charge on any atom is 0.407 e. The number of benzene rings is 1. The van der Waals surface area contributed by atoms with E-state index in [1.54, 1.807) is 11.6 Å². The minimum atomic E-state index is -0.658. The number of nitrogens with zero attached hydrogens (tertiary/aromatic N) is 2. The third-order valence-electron chi connectivity index (χ3n) is 6.24. The summed E-state index contributed by atoms with van der Waals surface area (Å²) in [6.07, 6.45) is 7.58. The number of aromatic nitrogens is 2. The summed E-state index contributed by atoms with van der Waals surface area (Å²) in [5.74, 6) is -0.708. The number of imidazole rings is 1. The van der Waals surface area contributed by atoms with Gasteiger partial charge in [0.05, 0.1) is 11.0 Å². The molecule has 192 valence electrons. The van der Waals surface area contributed by atoms with Gasteiger partial charge in [-0.1, -0.05) is 31.7 Å². The molecule has 1 unspecified atom stereocenters. The molecule has 0 radical (unpaired) electrons. The second-order valence-electron chi connectivity index (χ2n) is 10.3. The second-order valence-corrected chi connectivity index (χ2v) is 10.3. The van der Waals surface area contributed by atoms with Gasteiger partial charge in [-0.15, -0.1) is 0 Å². The van der Waals surface area contributed by atoms with E-state index in [1.807, 2.05) is 39.0 Å². The van der Waals surface area contributed by atoms with Crippen LogP contribution in [0.1, 0.15) is 83.7 Å². The van der Waals surface area contributed by atoms with Crippen molar-refractivity contribution in [3.8, 4) is 0 Å². The zero-order valence-corrected chi connectivity index (χ0v) is 21.3. The molecule has 1 aromatic carbocycles. The van der Waals surface area contributed by atoms with Crippen molar-refractivity contribution < 1.29 is 19.1 Å². The van der Waals surface area contributed by atoms with E-state index in [2.05, 4.69) is 10.6 Å². The van der Waals surface area contributed by atoms with Crippen molar-refractivity contribution in [2.45, 2.75) is 90.2 Å². The summed E-state index contributed by atoms with van der Waals surface area (Å²) in [5.41, 5.74) is 1.97. The fourth-order valence-corrected chi connectivity index (χ4v) is 4.46. The van der Waals surface area contributed by atoms with E-state index in [-0.39, 0.29) is 24.1 Å². The number of carbonyl (C=O) groups is 3. The minimum Gasteiger partial charge on any atom is -0.444 e. The van der Waals surface area contributed by atoms with Gasteiger partial charge in [-0.05, 0) is 64.2 Å². The maximum atomic E-state index is 12.9. The number of hydrogen-bond donors (Lipinski definition) is 2. The third kappa shape index (κ3) is 7.19. The van der Waals surface area contributed by atoms with Crippen LogP contribution in [-0.4, -0.2) is 39.2 Å². The first-order valence-corrected chi connectivity index (χ1v) is 12.6. The van der Waals surface area contributed by atoms with Crippen LogP contribution in [0.5, 0.6) is 0 Å². The van der Waals surface area contributed by atoms with Gasteiger partial charge in [-0.2, -0.15) is 0 Å². The summed E-state index contributed by atoms with van der Waals surface area (Å²) in [7, 11) is 1.72. The summed E-state index contributed by atoms with van der Waals surface area (Å²) in [6, 6.07) is 5.30. The number of piperidine rings is 1. The van der Waals surface area contributed by atoms with Crippen molar-refractivity contribution >= 4 is 28.9 Å². The molecule has 3 rings (SSSR count). The summed E-state index contributed by atoms with van der Waals surface area (Å²) < 4.78 is 8.31. The van der Waals surface area contributed by atoms with Crippen molar-refractivity contribution in [2.24, 2.45) is 7.05 Å².